The highest BCUT2D eigenvalue weighted by Crippen LogP contribution is 2.38. The molecule has 2 aromatic carbocycles. The van der Waals surface area contributed by atoms with E-state index >= 15 is 0 Å². The van der Waals surface area contributed by atoms with Crippen molar-refractivity contribution < 1.29 is 19.3 Å². The lowest BCUT2D eigenvalue weighted by Gasteiger charge is -2.19. The van der Waals surface area contributed by atoms with Gasteiger partial charge in [0.25, 0.3) is 0 Å². The van der Waals surface area contributed by atoms with Crippen LogP contribution in [0, 0.1) is 0 Å². The predicted octanol–water partition coefficient (Wildman–Crippen LogP) is 3.57. The van der Waals surface area contributed by atoms with Gasteiger partial charge in [0, 0.05) is 18.3 Å². The zero-order valence-corrected chi connectivity index (χ0v) is 15.1. The van der Waals surface area contributed by atoms with Crippen molar-refractivity contribution in [2.45, 2.75) is 0 Å². The molecule has 0 spiro atoms. The molecule has 0 amide bonds. The van der Waals surface area contributed by atoms with Gasteiger partial charge in [-0.15, -0.1) is 0 Å². The number of benzene rings is 2. The number of imidazole rings is 1. The van der Waals surface area contributed by atoms with Crippen molar-refractivity contribution in [1.82, 2.24) is 14.5 Å². The summed E-state index contributed by atoms with van der Waals surface area (Å²) >= 11 is 0. The summed E-state index contributed by atoms with van der Waals surface area (Å²) < 4.78 is 18.4. The zero-order valence-electron chi connectivity index (χ0n) is 15.1. The first-order valence-corrected chi connectivity index (χ1v) is 8.85. The Morgan fingerprint density at radius 3 is 2.71 bits per heavy atom. The smallest absolute Gasteiger partial charge is 0.164 e. The van der Waals surface area contributed by atoms with E-state index in [1.807, 2.05) is 34.9 Å². The maximum absolute atomic E-state index is 10.6. The highest BCUT2D eigenvalue weighted by Gasteiger charge is 2.20. The molecule has 0 bridgehead atoms. The molecule has 0 aliphatic carbocycles. The zero-order chi connectivity index (χ0) is 19.1. The largest absolute Gasteiger partial charge is 0.507 e. The minimum atomic E-state index is 0.0773. The van der Waals surface area contributed by atoms with Crippen molar-refractivity contribution in [3.63, 3.8) is 0 Å². The number of aromatic nitrogens is 3. The number of rotatable bonds is 3. The fourth-order valence-electron chi connectivity index (χ4n) is 3.34. The van der Waals surface area contributed by atoms with Crippen molar-refractivity contribution >= 4 is 11.2 Å². The molecule has 28 heavy (non-hydrogen) atoms. The number of hydrogen-bond donors (Lipinski definition) is 1. The highest BCUT2D eigenvalue weighted by atomic mass is 16.6. The van der Waals surface area contributed by atoms with Crippen LogP contribution in [0.4, 0.5) is 0 Å². The highest BCUT2D eigenvalue weighted by molar-refractivity contribution is 5.82. The maximum atomic E-state index is 10.6. The molecule has 140 valence electrons. The third-order valence-electron chi connectivity index (χ3n) is 4.65. The van der Waals surface area contributed by atoms with Crippen LogP contribution >= 0.6 is 0 Å². The number of phenolic OH excluding ortho intramolecular Hbond substituents is 1. The Balaban J connectivity index is 1.75. The van der Waals surface area contributed by atoms with Gasteiger partial charge < -0.3 is 19.3 Å². The molecule has 0 fully saturated rings. The third-order valence-corrected chi connectivity index (χ3v) is 4.65. The molecule has 5 rings (SSSR count). The molecule has 0 saturated heterocycles. The van der Waals surface area contributed by atoms with Crippen LogP contribution < -0.4 is 14.2 Å². The molecule has 4 aromatic rings. The monoisotopic (exact) mass is 375 g/mol. The lowest BCUT2D eigenvalue weighted by Crippen LogP contribution is -2.15. The van der Waals surface area contributed by atoms with Crippen LogP contribution in [-0.4, -0.2) is 40.0 Å². The maximum Gasteiger partial charge on any atom is 0.164 e. The van der Waals surface area contributed by atoms with Gasteiger partial charge in [-0.3, -0.25) is 4.57 Å². The molecule has 3 heterocycles. The second-order valence-electron chi connectivity index (χ2n) is 6.33. The third kappa shape index (κ3) is 2.60. The summed E-state index contributed by atoms with van der Waals surface area (Å²) in [4.78, 5) is 9.22. The van der Waals surface area contributed by atoms with Crippen molar-refractivity contribution in [1.29, 1.82) is 0 Å². The Labute approximate surface area is 160 Å². The Hall–Kier alpha value is -3.74. The van der Waals surface area contributed by atoms with E-state index in [9.17, 15) is 5.11 Å². The molecule has 1 aliphatic heterocycles. The summed E-state index contributed by atoms with van der Waals surface area (Å²) in [5, 5.41) is 10.6. The molecule has 1 N–H and O–H groups in total. The van der Waals surface area contributed by atoms with E-state index in [-0.39, 0.29) is 5.75 Å². The molecule has 0 unspecified atom stereocenters. The molecule has 1 aliphatic rings. The molecular formula is C21H17N3O4. The first-order valence-electron chi connectivity index (χ1n) is 8.85. The minimum absolute atomic E-state index is 0.0773. The van der Waals surface area contributed by atoms with Crippen LogP contribution in [0.5, 0.6) is 23.0 Å². The first kappa shape index (κ1) is 16.4. The molecule has 0 atom stereocenters. The van der Waals surface area contributed by atoms with Gasteiger partial charge in [-0.05, 0) is 36.4 Å². The molecule has 7 heteroatoms. The second-order valence-corrected chi connectivity index (χ2v) is 6.33. The van der Waals surface area contributed by atoms with E-state index in [4.69, 9.17) is 19.2 Å². The second kappa shape index (κ2) is 6.45. The van der Waals surface area contributed by atoms with E-state index in [2.05, 4.69) is 4.98 Å². The number of methoxy groups -OCH3 is 1. The number of phenols is 1. The van der Waals surface area contributed by atoms with E-state index in [0.717, 1.165) is 11.2 Å². The Morgan fingerprint density at radius 1 is 1.04 bits per heavy atom. The van der Waals surface area contributed by atoms with E-state index in [1.165, 1.54) is 0 Å². The van der Waals surface area contributed by atoms with E-state index in [1.54, 1.807) is 31.5 Å². The number of nitrogens with zero attached hydrogens (tertiary/aromatic N) is 3. The molecular weight excluding hydrogens is 358 g/mol. The van der Waals surface area contributed by atoms with Gasteiger partial charge in [0.2, 0.25) is 0 Å². The number of pyridine rings is 1. The van der Waals surface area contributed by atoms with E-state index in [0.29, 0.717) is 47.5 Å². The number of ether oxygens (including phenoxy) is 3. The summed E-state index contributed by atoms with van der Waals surface area (Å²) in [6.45, 7) is 1.04. The molecule has 2 aromatic heterocycles. The quantitative estimate of drug-likeness (QED) is 0.590. The number of aromatic hydroxyl groups is 1. The molecule has 0 saturated carbocycles. The predicted molar refractivity (Wildman–Crippen MR) is 104 cm³/mol. The van der Waals surface area contributed by atoms with Gasteiger partial charge in [-0.25, -0.2) is 9.97 Å². The van der Waals surface area contributed by atoms with Gasteiger partial charge in [0.05, 0.1) is 18.4 Å². The fourth-order valence-corrected chi connectivity index (χ4v) is 3.34. The molecule has 0 radical (unpaired) electrons. The van der Waals surface area contributed by atoms with Crippen LogP contribution in [0.2, 0.25) is 0 Å². The SMILES string of the molecule is COc1ccc(-c2nc3cccnc3n2-c2ccc3c(c2)OCCO3)c(O)c1. The van der Waals surface area contributed by atoms with Crippen LogP contribution in [0.15, 0.2) is 54.7 Å². The average Bonchev–Trinajstić information content (AvgIpc) is 3.12. The lowest BCUT2D eigenvalue weighted by atomic mass is 10.1. The lowest BCUT2D eigenvalue weighted by molar-refractivity contribution is 0.171. The van der Waals surface area contributed by atoms with Gasteiger partial charge >= 0.3 is 0 Å². The summed E-state index contributed by atoms with van der Waals surface area (Å²) in [6, 6.07) is 14.6. The van der Waals surface area contributed by atoms with Crippen molar-refractivity contribution in [2.24, 2.45) is 0 Å². The molecule has 7 nitrogen and oxygen atoms in total. The topological polar surface area (TPSA) is 78.6 Å². The first-order chi connectivity index (χ1) is 13.7. The summed E-state index contributed by atoms with van der Waals surface area (Å²) in [6.07, 6.45) is 1.72. The van der Waals surface area contributed by atoms with Crippen LogP contribution in [0.1, 0.15) is 0 Å². The van der Waals surface area contributed by atoms with Gasteiger partial charge in [-0.2, -0.15) is 0 Å². The van der Waals surface area contributed by atoms with Crippen LogP contribution in [0.25, 0.3) is 28.2 Å². The average molecular weight is 375 g/mol. The minimum Gasteiger partial charge on any atom is -0.507 e. The van der Waals surface area contributed by atoms with Crippen LogP contribution in [-0.2, 0) is 0 Å². The number of hydrogen-bond acceptors (Lipinski definition) is 6. The Morgan fingerprint density at radius 2 is 1.89 bits per heavy atom. The Kier molecular flexibility index (Phi) is 3.79. The normalized spacial score (nSPS) is 12.9. The Bertz CT molecular complexity index is 1190. The fraction of sp³-hybridized carbons (Fsp3) is 0.143. The number of fused-ring (bicyclic) bond motifs is 2. The van der Waals surface area contributed by atoms with E-state index < -0.39 is 0 Å². The summed E-state index contributed by atoms with van der Waals surface area (Å²) in [5.41, 5.74) is 2.80. The summed E-state index contributed by atoms with van der Waals surface area (Å²) in [7, 11) is 1.56. The van der Waals surface area contributed by atoms with Crippen molar-refractivity contribution in [3.05, 3.63) is 54.7 Å². The van der Waals surface area contributed by atoms with Gasteiger partial charge in [0.15, 0.2) is 23.0 Å². The van der Waals surface area contributed by atoms with Gasteiger partial charge in [0.1, 0.15) is 30.2 Å². The van der Waals surface area contributed by atoms with Crippen molar-refractivity contribution in [3.8, 4) is 40.1 Å². The van der Waals surface area contributed by atoms with Crippen molar-refractivity contribution in [2.75, 3.05) is 20.3 Å². The summed E-state index contributed by atoms with van der Waals surface area (Å²) in [5.74, 6) is 2.60. The van der Waals surface area contributed by atoms with Gasteiger partial charge in [-0.1, -0.05) is 0 Å². The van der Waals surface area contributed by atoms with Crippen LogP contribution in [0.3, 0.4) is 0 Å². The standard InChI is InChI=1S/C21H17N3O4/c1-26-14-5-6-15(17(25)12-14)20-23-16-3-2-8-22-21(16)24(20)13-4-7-18-19(11-13)28-10-9-27-18/h2-8,11-12,25H,9-10H2,1H3.